The summed E-state index contributed by atoms with van der Waals surface area (Å²) in [5, 5.41) is 9.11. The predicted molar refractivity (Wildman–Crippen MR) is 133 cm³/mol. The third-order valence-electron chi connectivity index (χ3n) is 5.10. The Morgan fingerprint density at radius 3 is 2.64 bits per heavy atom. The smallest absolute Gasteiger partial charge is 0.266 e. The van der Waals surface area contributed by atoms with Gasteiger partial charge in [0.15, 0.2) is 5.82 Å². The summed E-state index contributed by atoms with van der Waals surface area (Å²) < 4.78 is 22.2. The molecule has 0 aliphatic heterocycles. The van der Waals surface area contributed by atoms with Gasteiger partial charge in [0, 0.05) is 17.3 Å². The second kappa shape index (κ2) is 9.89. The van der Waals surface area contributed by atoms with Crippen LogP contribution in [0, 0.1) is 26.6 Å². The van der Waals surface area contributed by atoms with E-state index in [-0.39, 0.29) is 18.3 Å². The predicted octanol–water partition coefficient (Wildman–Crippen LogP) is 6.65. The van der Waals surface area contributed by atoms with Crippen molar-refractivity contribution in [2.75, 3.05) is 5.32 Å². The number of amides is 1. The first kappa shape index (κ1) is 23.2. The van der Waals surface area contributed by atoms with Gasteiger partial charge >= 0.3 is 0 Å². The standard InChI is InChI=1S/C25H23BrFN3O2S/c1-15-8-16(2)23(17(3)9-15)32-13-18-10-22(33-14-18)25(31)28-24-20(26)12-30(29-24)11-19-6-4-5-7-21(19)27/h4-10,12,14H,11,13H2,1-3H3,(H,28,29,31). The number of nitrogens with zero attached hydrogens (tertiary/aromatic N) is 2. The molecule has 0 bridgehead atoms. The van der Waals surface area contributed by atoms with Crippen molar-refractivity contribution in [3.63, 3.8) is 0 Å². The summed E-state index contributed by atoms with van der Waals surface area (Å²) in [6, 6.07) is 12.6. The Hall–Kier alpha value is -2.97. The van der Waals surface area contributed by atoms with Crippen LogP contribution in [0.15, 0.2) is 58.5 Å². The molecule has 5 nitrogen and oxygen atoms in total. The number of benzene rings is 2. The minimum Gasteiger partial charge on any atom is -0.488 e. The van der Waals surface area contributed by atoms with Gasteiger partial charge in [-0.25, -0.2) is 4.39 Å². The van der Waals surface area contributed by atoms with Gasteiger partial charge in [-0.1, -0.05) is 35.9 Å². The Morgan fingerprint density at radius 1 is 1.18 bits per heavy atom. The van der Waals surface area contributed by atoms with E-state index in [2.05, 4.69) is 45.4 Å². The van der Waals surface area contributed by atoms with Crippen LogP contribution in [0.2, 0.25) is 0 Å². The quantitative estimate of drug-likeness (QED) is 0.292. The number of ether oxygens (including phenoxy) is 1. The van der Waals surface area contributed by atoms with Crippen molar-refractivity contribution in [1.82, 2.24) is 9.78 Å². The molecular weight excluding hydrogens is 505 g/mol. The van der Waals surface area contributed by atoms with Crippen LogP contribution in [-0.2, 0) is 13.2 Å². The first-order valence-corrected chi connectivity index (χ1v) is 12.0. The number of carbonyl (C=O) groups is 1. The molecule has 0 saturated carbocycles. The van der Waals surface area contributed by atoms with Crippen LogP contribution in [0.4, 0.5) is 10.2 Å². The molecule has 2 heterocycles. The number of hydrogen-bond donors (Lipinski definition) is 1. The molecule has 0 atom stereocenters. The maximum Gasteiger partial charge on any atom is 0.266 e. The lowest BCUT2D eigenvalue weighted by Gasteiger charge is -2.12. The molecule has 0 aliphatic rings. The zero-order chi connectivity index (χ0) is 23.5. The van der Waals surface area contributed by atoms with Crippen LogP contribution in [0.25, 0.3) is 0 Å². The first-order chi connectivity index (χ1) is 15.8. The maximum absolute atomic E-state index is 13.9. The molecule has 2 aromatic heterocycles. The van der Waals surface area contributed by atoms with E-state index >= 15 is 0 Å². The topological polar surface area (TPSA) is 56.1 Å². The number of anilines is 1. The molecule has 0 radical (unpaired) electrons. The summed E-state index contributed by atoms with van der Waals surface area (Å²) in [5.41, 5.74) is 4.84. The second-order valence-corrected chi connectivity index (χ2v) is 9.67. The summed E-state index contributed by atoms with van der Waals surface area (Å²) >= 11 is 4.76. The van der Waals surface area contributed by atoms with Gasteiger partial charge in [0.05, 0.1) is 15.9 Å². The zero-order valence-corrected chi connectivity index (χ0v) is 20.9. The molecule has 4 aromatic rings. The third kappa shape index (κ3) is 5.51. The van der Waals surface area contributed by atoms with Gasteiger partial charge in [0.25, 0.3) is 5.91 Å². The number of halogens is 2. The second-order valence-electron chi connectivity index (χ2n) is 7.90. The van der Waals surface area contributed by atoms with E-state index in [4.69, 9.17) is 4.74 Å². The number of aryl methyl sites for hydroxylation is 3. The monoisotopic (exact) mass is 527 g/mol. The maximum atomic E-state index is 13.9. The van der Waals surface area contributed by atoms with Crippen LogP contribution < -0.4 is 10.1 Å². The molecular formula is C25H23BrFN3O2S. The van der Waals surface area contributed by atoms with Gasteiger partial charge in [-0.05, 0) is 65.3 Å². The molecule has 0 spiro atoms. The highest BCUT2D eigenvalue weighted by Gasteiger charge is 2.15. The largest absolute Gasteiger partial charge is 0.488 e. The highest BCUT2D eigenvalue weighted by Crippen LogP contribution is 2.27. The van der Waals surface area contributed by atoms with Crippen molar-refractivity contribution in [1.29, 1.82) is 0 Å². The Bertz CT molecular complexity index is 1290. The van der Waals surface area contributed by atoms with E-state index in [1.807, 2.05) is 25.3 Å². The van der Waals surface area contributed by atoms with Gasteiger partial charge in [-0.3, -0.25) is 9.48 Å². The van der Waals surface area contributed by atoms with Crippen LogP contribution >= 0.6 is 27.3 Å². The molecule has 0 fully saturated rings. The lowest BCUT2D eigenvalue weighted by molar-refractivity contribution is 0.103. The highest BCUT2D eigenvalue weighted by atomic mass is 79.9. The van der Waals surface area contributed by atoms with E-state index in [1.54, 1.807) is 29.1 Å². The Morgan fingerprint density at radius 2 is 1.91 bits per heavy atom. The molecule has 8 heteroatoms. The van der Waals surface area contributed by atoms with Crippen LogP contribution in [0.3, 0.4) is 0 Å². The first-order valence-electron chi connectivity index (χ1n) is 10.4. The van der Waals surface area contributed by atoms with Crippen LogP contribution in [-0.4, -0.2) is 15.7 Å². The number of rotatable bonds is 7. The fourth-order valence-electron chi connectivity index (χ4n) is 3.65. The van der Waals surface area contributed by atoms with Crippen molar-refractivity contribution in [2.45, 2.75) is 33.9 Å². The summed E-state index contributed by atoms with van der Waals surface area (Å²) in [5.74, 6) is 0.709. The molecule has 170 valence electrons. The molecule has 0 unspecified atom stereocenters. The van der Waals surface area contributed by atoms with Crippen molar-refractivity contribution >= 4 is 39.0 Å². The van der Waals surface area contributed by atoms with E-state index < -0.39 is 0 Å². The number of aromatic nitrogens is 2. The van der Waals surface area contributed by atoms with Crippen LogP contribution in [0.5, 0.6) is 5.75 Å². The molecule has 0 saturated heterocycles. The summed E-state index contributed by atoms with van der Waals surface area (Å²) in [6.07, 6.45) is 1.71. The highest BCUT2D eigenvalue weighted by molar-refractivity contribution is 9.10. The van der Waals surface area contributed by atoms with Gasteiger partial charge in [-0.2, -0.15) is 5.10 Å². The molecule has 1 N–H and O–H groups in total. The van der Waals surface area contributed by atoms with E-state index in [9.17, 15) is 9.18 Å². The molecule has 33 heavy (non-hydrogen) atoms. The van der Waals surface area contributed by atoms with Gasteiger partial charge < -0.3 is 10.1 Å². The third-order valence-corrected chi connectivity index (χ3v) is 6.66. The number of thiophene rings is 1. The Balaban J connectivity index is 1.40. The number of hydrogen-bond acceptors (Lipinski definition) is 4. The van der Waals surface area contributed by atoms with Gasteiger partial charge in [0.1, 0.15) is 18.2 Å². The summed E-state index contributed by atoms with van der Waals surface area (Å²) in [4.78, 5) is 13.3. The lowest BCUT2D eigenvalue weighted by Crippen LogP contribution is -2.12. The Kier molecular flexibility index (Phi) is 6.95. The average molecular weight is 528 g/mol. The lowest BCUT2D eigenvalue weighted by atomic mass is 10.1. The molecule has 0 aliphatic carbocycles. The van der Waals surface area contributed by atoms with Gasteiger partial charge in [0.2, 0.25) is 0 Å². The van der Waals surface area contributed by atoms with E-state index in [0.29, 0.717) is 27.3 Å². The Labute approximate surface area is 204 Å². The number of nitrogens with one attached hydrogen (secondary N) is 1. The summed E-state index contributed by atoms with van der Waals surface area (Å²) in [7, 11) is 0. The normalized spacial score (nSPS) is 10.9. The average Bonchev–Trinajstić information content (AvgIpc) is 3.36. The minimum absolute atomic E-state index is 0.259. The fourth-order valence-corrected chi connectivity index (χ4v) is 4.86. The SMILES string of the molecule is Cc1cc(C)c(OCc2csc(C(=O)Nc3nn(Cc4ccccc4F)cc3Br)c2)c(C)c1. The van der Waals surface area contributed by atoms with Crippen molar-refractivity contribution in [3.05, 3.63) is 97.0 Å². The van der Waals surface area contributed by atoms with Crippen LogP contribution in [0.1, 0.15) is 37.5 Å². The fraction of sp³-hybridized carbons (Fsp3) is 0.200. The van der Waals surface area contributed by atoms with E-state index in [0.717, 1.165) is 22.4 Å². The molecule has 1 amide bonds. The minimum atomic E-state index is -0.293. The molecule has 2 aromatic carbocycles. The van der Waals surface area contributed by atoms with E-state index in [1.165, 1.54) is 23.0 Å². The van der Waals surface area contributed by atoms with Crippen molar-refractivity contribution in [2.24, 2.45) is 0 Å². The van der Waals surface area contributed by atoms with Gasteiger partial charge in [-0.15, -0.1) is 11.3 Å². The summed E-state index contributed by atoms with van der Waals surface area (Å²) in [6.45, 7) is 6.78. The molecule has 4 rings (SSSR count). The zero-order valence-electron chi connectivity index (χ0n) is 18.5. The number of carbonyl (C=O) groups excluding carboxylic acids is 1. The van der Waals surface area contributed by atoms with Crippen molar-refractivity contribution < 1.29 is 13.9 Å². The van der Waals surface area contributed by atoms with Crippen molar-refractivity contribution in [3.8, 4) is 5.75 Å².